The van der Waals surface area contributed by atoms with Crippen LogP contribution < -0.4 is 10.6 Å². The van der Waals surface area contributed by atoms with Crippen molar-refractivity contribution in [3.8, 4) is 0 Å². The number of piperazine rings is 1. The lowest BCUT2D eigenvalue weighted by Gasteiger charge is -2.34. The third kappa shape index (κ3) is 8.63. The normalized spacial score (nSPS) is 19.4. The highest BCUT2D eigenvalue weighted by Crippen LogP contribution is 2.20. The quantitative estimate of drug-likeness (QED) is 0.288. The minimum Gasteiger partial charge on any atom is -0.384 e. The van der Waals surface area contributed by atoms with E-state index >= 15 is 0 Å². The van der Waals surface area contributed by atoms with E-state index in [1.807, 2.05) is 37.3 Å². The molecule has 160 valence electrons. The van der Waals surface area contributed by atoms with Crippen molar-refractivity contribution < 1.29 is 5.11 Å². The molecule has 2 unspecified atom stereocenters. The maximum atomic E-state index is 10.7. The van der Waals surface area contributed by atoms with E-state index in [4.69, 9.17) is 0 Å². The molecule has 7 heteroatoms. The zero-order chi connectivity index (χ0) is 19.7. The van der Waals surface area contributed by atoms with Gasteiger partial charge in [-0.3, -0.25) is 0 Å². The molecule has 3 N–H and O–H groups in total. The Balaban J connectivity index is 0.00000392. The topological polar surface area (TPSA) is 63.1 Å². The first-order valence-electron chi connectivity index (χ1n) is 10.1. The first-order valence-corrected chi connectivity index (χ1v) is 10.1. The molecule has 1 aromatic rings. The third-order valence-corrected chi connectivity index (χ3v) is 5.07. The Kier molecular flexibility index (Phi) is 11.3. The number of benzene rings is 1. The van der Waals surface area contributed by atoms with Crippen LogP contribution in [-0.4, -0.2) is 80.3 Å². The van der Waals surface area contributed by atoms with E-state index in [1.165, 1.54) is 0 Å². The molecule has 0 bridgehead atoms. The van der Waals surface area contributed by atoms with Gasteiger partial charge < -0.3 is 25.5 Å². The lowest BCUT2D eigenvalue weighted by Crippen LogP contribution is -2.47. The molecular weight excluding hydrogens is 465 g/mol. The lowest BCUT2D eigenvalue weighted by molar-refractivity contribution is 0.0672. The molecule has 0 aromatic heterocycles. The van der Waals surface area contributed by atoms with Crippen LogP contribution in [0.2, 0.25) is 0 Å². The van der Waals surface area contributed by atoms with Crippen molar-refractivity contribution >= 4 is 29.9 Å². The first-order chi connectivity index (χ1) is 12.9. The highest BCUT2D eigenvalue weighted by atomic mass is 127. The van der Waals surface area contributed by atoms with E-state index in [0.29, 0.717) is 12.5 Å². The van der Waals surface area contributed by atoms with E-state index in [1.54, 1.807) is 0 Å². The van der Waals surface area contributed by atoms with E-state index in [9.17, 15) is 5.11 Å². The maximum absolute atomic E-state index is 10.7. The van der Waals surface area contributed by atoms with Crippen LogP contribution in [0, 0.1) is 5.92 Å². The van der Waals surface area contributed by atoms with Gasteiger partial charge in [-0.1, -0.05) is 37.3 Å². The summed E-state index contributed by atoms with van der Waals surface area (Å²) in [5.41, 5.74) is -0.0947. The molecule has 2 atom stereocenters. The van der Waals surface area contributed by atoms with Gasteiger partial charge >= 0.3 is 0 Å². The molecule has 0 amide bonds. The van der Waals surface area contributed by atoms with Crippen molar-refractivity contribution in [2.45, 2.75) is 26.4 Å². The minimum absolute atomic E-state index is 0. The van der Waals surface area contributed by atoms with Gasteiger partial charge in [0.1, 0.15) is 5.60 Å². The van der Waals surface area contributed by atoms with Crippen LogP contribution in [-0.2, 0) is 5.60 Å². The lowest BCUT2D eigenvalue weighted by atomic mass is 9.96. The molecule has 0 spiro atoms. The number of nitrogens with one attached hydrogen (secondary N) is 2. The molecule has 1 aliphatic rings. The van der Waals surface area contributed by atoms with Crippen LogP contribution in [0.3, 0.4) is 0 Å². The summed E-state index contributed by atoms with van der Waals surface area (Å²) >= 11 is 0. The number of halogens is 1. The van der Waals surface area contributed by atoms with Crippen molar-refractivity contribution in [2.24, 2.45) is 10.9 Å². The smallest absolute Gasteiger partial charge is 0.191 e. The summed E-state index contributed by atoms with van der Waals surface area (Å²) in [6, 6.07) is 9.71. The second-order valence-corrected chi connectivity index (χ2v) is 7.93. The van der Waals surface area contributed by atoms with Crippen LogP contribution in [0.15, 0.2) is 35.3 Å². The molecule has 0 saturated carbocycles. The number of hydrogen-bond donors (Lipinski definition) is 3. The number of nitrogens with zero attached hydrogens (tertiary/aromatic N) is 3. The Labute approximate surface area is 187 Å². The molecule has 1 fully saturated rings. The number of aliphatic imine (C=N–C) groups is 1. The fourth-order valence-electron chi connectivity index (χ4n) is 3.27. The van der Waals surface area contributed by atoms with Gasteiger partial charge in [0.2, 0.25) is 0 Å². The van der Waals surface area contributed by atoms with Gasteiger partial charge in [0.15, 0.2) is 5.96 Å². The molecule has 2 rings (SSSR count). The number of rotatable bonds is 8. The highest BCUT2D eigenvalue weighted by molar-refractivity contribution is 14.0. The molecule has 0 aliphatic carbocycles. The summed E-state index contributed by atoms with van der Waals surface area (Å²) in [4.78, 5) is 9.54. The standard InChI is InChI=1S/C21H37N5O.HI/c1-5-22-20(24-17-21(3,27)19-9-7-6-8-10-19)23-15-18(2)16-26-13-11-25(4)12-14-26;/h6-10,18,27H,5,11-17H2,1-4H3,(H2,22,23,24);1H. The number of aliphatic hydroxyl groups is 1. The van der Waals surface area contributed by atoms with Crippen molar-refractivity contribution in [1.29, 1.82) is 0 Å². The molecule has 1 aromatic carbocycles. The molecule has 1 aliphatic heterocycles. The van der Waals surface area contributed by atoms with Crippen LogP contribution in [0.4, 0.5) is 0 Å². The molecule has 0 radical (unpaired) electrons. The zero-order valence-electron chi connectivity index (χ0n) is 17.8. The van der Waals surface area contributed by atoms with Gasteiger partial charge in [-0.05, 0) is 32.4 Å². The van der Waals surface area contributed by atoms with Gasteiger partial charge in [-0.15, -0.1) is 24.0 Å². The largest absolute Gasteiger partial charge is 0.384 e. The maximum Gasteiger partial charge on any atom is 0.191 e. The first kappa shape index (κ1) is 25.1. The summed E-state index contributed by atoms with van der Waals surface area (Å²) in [6.07, 6.45) is 0. The second-order valence-electron chi connectivity index (χ2n) is 7.93. The number of guanidine groups is 1. The predicted molar refractivity (Wildman–Crippen MR) is 129 cm³/mol. The summed E-state index contributed by atoms with van der Waals surface area (Å²) < 4.78 is 0. The van der Waals surface area contributed by atoms with E-state index in [2.05, 4.69) is 46.3 Å². The Hall–Kier alpha value is -0.900. The Bertz CT molecular complexity index is 573. The monoisotopic (exact) mass is 503 g/mol. The zero-order valence-corrected chi connectivity index (χ0v) is 20.1. The number of hydrogen-bond acceptors (Lipinski definition) is 4. The van der Waals surface area contributed by atoms with E-state index in [-0.39, 0.29) is 24.0 Å². The molecule has 1 heterocycles. The van der Waals surface area contributed by atoms with Crippen molar-refractivity contribution in [3.63, 3.8) is 0 Å². The van der Waals surface area contributed by atoms with Crippen molar-refractivity contribution in [3.05, 3.63) is 35.9 Å². The fraction of sp³-hybridized carbons (Fsp3) is 0.667. The average Bonchev–Trinajstić information content (AvgIpc) is 2.66. The Morgan fingerprint density at radius 2 is 1.82 bits per heavy atom. The van der Waals surface area contributed by atoms with Crippen molar-refractivity contribution in [1.82, 2.24) is 20.4 Å². The van der Waals surface area contributed by atoms with Crippen LogP contribution >= 0.6 is 24.0 Å². The molecular formula is C21H38IN5O. The third-order valence-electron chi connectivity index (χ3n) is 5.07. The van der Waals surface area contributed by atoms with E-state index in [0.717, 1.165) is 57.3 Å². The van der Waals surface area contributed by atoms with Gasteiger partial charge in [-0.2, -0.15) is 0 Å². The van der Waals surface area contributed by atoms with E-state index < -0.39 is 5.60 Å². The predicted octanol–water partition coefficient (Wildman–Crippen LogP) is 1.95. The SMILES string of the molecule is CCNC(=NCC(C)(O)c1ccccc1)NCC(C)CN1CCN(C)CC1.I. The highest BCUT2D eigenvalue weighted by Gasteiger charge is 2.22. The summed E-state index contributed by atoms with van der Waals surface area (Å²) in [5.74, 6) is 1.30. The molecule has 1 saturated heterocycles. The minimum atomic E-state index is -0.977. The fourth-order valence-corrected chi connectivity index (χ4v) is 3.27. The summed E-state index contributed by atoms with van der Waals surface area (Å²) in [6.45, 7) is 13.8. The Morgan fingerprint density at radius 1 is 1.18 bits per heavy atom. The van der Waals surface area contributed by atoms with Crippen molar-refractivity contribution in [2.75, 3.05) is 59.4 Å². The molecule has 28 heavy (non-hydrogen) atoms. The van der Waals surface area contributed by atoms with Crippen LogP contribution in [0.5, 0.6) is 0 Å². The number of likely N-dealkylation sites (N-methyl/N-ethyl adjacent to an activating group) is 1. The van der Waals surface area contributed by atoms with Crippen LogP contribution in [0.1, 0.15) is 26.3 Å². The average molecular weight is 503 g/mol. The van der Waals surface area contributed by atoms with Gasteiger partial charge in [0.25, 0.3) is 0 Å². The summed E-state index contributed by atoms with van der Waals surface area (Å²) in [5, 5.41) is 17.5. The van der Waals surface area contributed by atoms with Crippen LogP contribution in [0.25, 0.3) is 0 Å². The Morgan fingerprint density at radius 3 is 2.43 bits per heavy atom. The van der Waals surface area contributed by atoms with Gasteiger partial charge in [0, 0.05) is 45.8 Å². The summed E-state index contributed by atoms with van der Waals surface area (Å²) in [7, 11) is 2.19. The molecule has 6 nitrogen and oxygen atoms in total. The van der Waals surface area contributed by atoms with Gasteiger partial charge in [0.05, 0.1) is 6.54 Å². The van der Waals surface area contributed by atoms with Gasteiger partial charge in [-0.25, -0.2) is 4.99 Å². The second kappa shape index (κ2) is 12.6.